The molecule has 8 aromatic rings. The van der Waals surface area contributed by atoms with E-state index in [9.17, 15) is 0 Å². The summed E-state index contributed by atoms with van der Waals surface area (Å²) in [6.07, 6.45) is 0.531. The molecule has 2 aliphatic heterocycles. The van der Waals surface area contributed by atoms with E-state index in [4.69, 9.17) is 9.97 Å². The van der Waals surface area contributed by atoms with E-state index in [0.717, 1.165) is 73.9 Å². The average Bonchev–Trinajstić information content (AvgIpc) is 3.55. The number of hydrogen-bond acceptors (Lipinski definition) is 5. The van der Waals surface area contributed by atoms with Crippen LogP contribution in [-0.2, 0) is 0 Å². The summed E-state index contributed by atoms with van der Waals surface area (Å²) >= 11 is 0. The molecule has 7 aromatic carbocycles. The third-order valence-corrected chi connectivity index (χ3v) is 11.6. The summed E-state index contributed by atoms with van der Waals surface area (Å²) in [5.74, 6) is 0.742. The molecule has 10 rings (SSSR count). The normalized spacial score (nSPS) is 19.7. The van der Waals surface area contributed by atoms with Crippen molar-refractivity contribution < 1.29 is 0 Å². The summed E-state index contributed by atoms with van der Waals surface area (Å²) in [6.45, 7) is 0.692. The number of nitrogens with one attached hydrogen (secondary N) is 1. The zero-order valence-electron chi connectivity index (χ0n) is 31.4. The maximum atomic E-state index is 15.5. The van der Waals surface area contributed by atoms with Gasteiger partial charge in [-0.15, -0.1) is 0 Å². The molecule has 0 spiro atoms. The van der Waals surface area contributed by atoms with E-state index in [1.54, 1.807) is 0 Å². The van der Waals surface area contributed by atoms with Gasteiger partial charge in [0.2, 0.25) is 0 Å². The second kappa shape index (κ2) is 14.8. The summed E-state index contributed by atoms with van der Waals surface area (Å²) in [6, 6.07) is 68.7. The lowest BCUT2D eigenvalue weighted by Crippen LogP contribution is -2.60. The highest BCUT2D eigenvalue weighted by Crippen LogP contribution is 2.53. The lowest BCUT2D eigenvalue weighted by Gasteiger charge is -2.48. The quantitative estimate of drug-likeness (QED) is 0.124. The second-order valence-corrected chi connectivity index (χ2v) is 14.9. The van der Waals surface area contributed by atoms with Crippen molar-refractivity contribution in [1.29, 1.82) is 0 Å². The van der Waals surface area contributed by atoms with E-state index >= 15 is 5.21 Å². The van der Waals surface area contributed by atoms with Crippen LogP contribution in [0.15, 0.2) is 200 Å². The van der Waals surface area contributed by atoms with Crippen molar-refractivity contribution in [2.24, 2.45) is 0 Å². The first kappa shape index (κ1) is 34.8. The predicted octanol–water partition coefficient (Wildman–Crippen LogP) is 11.9. The lowest BCUT2D eigenvalue weighted by atomic mass is 9.87. The molecule has 57 heavy (non-hydrogen) atoms. The van der Waals surface area contributed by atoms with Crippen LogP contribution in [0.5, 0.6) is 0 Å². The first-order chi connectivity index (χ1) is 28.1. The molecule has 0 radical (unpaired) electrons. The molecule has 1 N–H and O–H groups in total. The van der Waals surface area contributed by atoms with Crippen molar-refractivity contribution in [1.82, 2.24) is 19.9 Å². The Labute approximate surface area is 333 Å². The van der Waals surface area contributed by atoms with Gasteiger partial charge in [0.25, 0.3) is 0 Å². The molecule has 1 fully saturated rings. The van der Waals surface area contributed by atoms with E-state index in [1.807, 2.05) is 72.8 Å². The Morgan fingerprint density at radius 2 is 0.982 bits per heavy atom. The molecule has 1 saturated heterocycles. The number of hydrogen-bond donors (Lipinski definition) is 1. The van der Waals surface area contributed by atoms with Gasteiger partial charge in [0, 0.05) is 64.4 Å². The fraction of sp³-hybridized carbons (Fsp3) is 0.0980. The molecule has 2 aliphatic rings. The third-order valence-electron chi connectivity index (χ3n) is 11.6. The number of fused-ring (bicyclic) bond motifs is 3. The van der Waals surface area contributed by atoms with Crippen LogP contribution in [0.25, 0.3) is 45.0 Å². The highest BCUT2D eigenvalue weighted by Gasteiger charge is 2.52. The highest BCUT2D eigenvalue weighted by molar-refractivity contribution is 5.76. The van der Waals surface area contributed by atoms with Gasteiger partial charge in [-0.3, -0.25) is 9.96 Å². The molecule has 4 atom stereocenters. The van der Waals surface area contributed by atoms with Crippen LogP contribution in [-0.4, -0.2) is 28.7 Å². The number of aromatic nitrogens is 2. The molecule has 6 nitrogen and oxygen atoms in total. The number of hydroxylamine groups is 1. The molecule has 0 saturated carbocycles. The maximum absolute atomic E-state index is 15.5. The van der Waals surface area contributed by atoms with Gasteiger partial charge in [-0.2, -0.15) is 0 Å². The summed E-state index contributed by atoms with van der Waals surface area (Å²) in [5, 5.41) is 19.3. The molecule has 1 aromatic heterocycles. The minimum Gasteiger partial charge on any atom is -0.621 e. The molecule has 0 aliphatic carbocycles. The van der Waals surface area contributed by atoms with Crippen molar-refractivity contribution >= 4 is 22.7 Å². The fourth-order valence-electron chi connectivity index (χ4n) is 8.86. The van der Waals surface area contributed by atoms with Crippen LogP contribution >= 0.6 is 0 Å². The van der Waals surface area contributed by atoms with Crippen molar-refractivity contribution in [3.8, 4) is 45.0 Å². The Kier molecular flexibility index (Phi) is 9.00. The number of anilines is 2. The lowest BCUT2D eigenvalue weighted by molar-refractivity contribution is 0.236. The van der Waals surface area contributed by atoms with Crippen LogP contribution in [0.2, 0.25) is 0 Å². The largest absolute Gasteiger partial charge is 0.621 e. The van der Waals surface area contributed by atoms with E-state index in [-0.39, 0.29) is 18.1 Å². The summed E-state index contributed by atoms with van der Waals surface area (Å²) in [4.78, 5) is 12.4. The van der Waals surface area contributed by atoms with Crippen LogP contribution in [0.1, 0.15) is 17.9 Å². The first-order valence-electron chi connectivity index (χ1n) is 19.7. The van der Waals surface area contributed by atoms with Crippen LogP contribution in [0.3, 0.4) is 0 Å². The minimum absolute atomic E-state index is 0.0474. The topological polar surface area (TPSA) is 64.1 Å². The third kappa shape index (κ3) is 6.40. The van der Waals surface area contributed by atoms with Gasteiger partial charge in [0.1, 0.15) is 11.4 Å². The number of rotatable bonds is 8. The molecular formula is C51H41N5O. The van der Waals surface area contributed by atoms with Crippen molar-refractivity contribution in [2.45, 2.75) is 24.5 Å². The van der Waals surface area contributed by atoms with Gasteiger partial charge < -0.3 is 10.1 Å². The Hall–Kier alpha value is -6.70. The Bertz CT molecular complexity index is 2520. The molecule has 4 unspecified atom stereocenters. The predicted molar refractivity (Wildman–Crippen MR) is 233 cm³/mol. The molecule has 6 heteroatoms. The summed E-state index contributed by atoms with van der Waals surface area (Å²) in [7, 11) is 0. The minimum atomic E-state index is -0.523. The molecule has 0 amide bonds. The van der Waals surface area contributed by atoms with E-state index < -0.39 is 4.65 Å². The van der Waals surface area contributed by atoms with E-state index in [1.165, 1.54) is 0 Å². The summed E-state index contributed by atoms with van der Waals surface area (Å²) < 4.78 is -0.523. The first-order valence-corrected chi connectivity index (χ1v) is 19.7. The number of quaternary nitrogens is 1. The van der Waals surface area contributed by atoms with E-state index in [2.05, 4.69) is 138 Å². The molecule has 276 valence electrons. The van der Waals surface area contributed by atoms with E-state index in [0.29, 0.717) is 12.4 Å². The van der Waals surface area contributed by atoms with Gasteiger partial charge >= 0.3 is 0 Å². The monoisotopic (exact) mass is 739 g/mol. The summed E-state index contributed by atoms with van der Waals surface area (Å²) in [5.41, 5.74) is 11.9. The van der Waals surface area contributed by atoms with Crippen molar-refractivity contribution in [3.05, 3.63) is 211 Å². The van der Waals surface area contributed by atoms with Gasteiger partial charge in [0.05, 0.1) is 17.3 Å². The number of nitrogens with zero attached hydrogens (tertiary/aromatic N) is 4. The highest BCUT2D eigenvalue weighted by atomic mass is 16.6. The SMILES string of the molecule is [O-][N+]1(c2ccc(-c3ccc(-c4cc(-c5ccccc5)nc(-c5ccccc5)n4)cc3)cc2)c2ccccc2C2CC(N(c3ccccc3)c3ccccc3)CNC21. The van der Waals surface area contributed by atoms with Gasteiger partial charge in [-0.25, -0.2) is 9.97 Å². The molecule has 3 heterocycles. The number of para-hydroxylation sites is 3. The smallest absolute Gasteiger partial charge is 0.160 e. The number of piperidine rings is 1. The Balaban J connectivity index is 0.935. The van der Waals surface area contributed by atoms with Gasteiger partial charge in [-0.05, 0) is 60.0 Å². The van der Waals surface area contributed by atoms with Gasteiger partial charge in [0.15, 0.2) is 12.0 Å². The second-order valence-electron chi connectivity index (χ2n) is 14.9. The Morgan fingerprint density at radius 3 is 1.58 bits per heavy atom. The van der Waals surface area contributed by atoms with Crippen molar-refractivity contribution in [3.63, 3.8) is 0 Å². The average molecular weight is 740 g/mol. The number of benzene rings is 7. The van der Waals surface area contributed by atoms with Crippen LogP contribution in [0, 0.1) is 5.21 Å². The molecular weight excluding hydrogens is 699 g/mol. The zero-order valence-corrected chi connectivity index (χ0v) is 31.4. The standard InChI is InChI=1S/C51H41N5O/c57-56(49-24-14-13-23-45(49)46-33-43(35-52-51(46)56)55(41-19-9-3-10-20-41)42-21-11-4-12-22-42)44-31-29-37(30-32-44)36-25-27-39(28-26-36)48-34-47(38-15-5-1-6-16-38)53-50(54-48)40-17-7-2-8-18-40/h1-32,34,43,46,51-52H,33,35H2. The maximum Gasteiger partial charge on any atom is 0.160 e. The van der Waals surface area contributed by atoms with Crippen LogP contribution < -0.4 is 14.9 Å². The Morgan fingerprint density at radius 1 is 0.509 bits per heavy atom. The zero-order chi connectivity index (χ0) is 38.2. The molecule has 0 bridgehead atoms. The van der Waals surface area contributed by atoms with Gasteiger partial charge in [-0.1, -0.05) is 140 Å². The fourth-order valence-corrected chi connectivity index (χ4v) is 8.86. The van der Waals surface area contributed by atoms with Crippen molar-refractivity contribution in [2.75, 3.05) is 11.4 Å². The van der Waals surface area contributed by atoms with Crippen LogP contribution in [0.4, 0.5) is 22.7 Å².